The number of hydrogen-bond acceptors (Lipinski definition) is 3. The predicted octanol–water partition coefficient (Wildman–Crippen LogP) is 2.07. The summed E-state index contributed by atoms with van der Waals surface area (Å²) in [5.41, 5.74) is 1.05. The van der Waals surface area contributed by atoms with Crippen molar-refractivity contribution in [3.05, 3.63) is 0 Å². The molecule has 68 valence electrons. The van der Waals surface area contributed by atoms with Crippen molar-refractivity contribution >= 4 is 5.71 Å². The molecule has 3 heteroatoms. The van der Waals surface area contributed by atoms with Gasteiger partial charge in [-0.1, -0.05) is 11.6 Å². The Morgan fingerprint density at radius 2 is 2.25 bits per heavy atom. The van der Waals surface area contributed by atoms with Crippen molar-refractivity contribution in [1.82, 2.24) is 0 Å². The van der Waals surface area contributed by atoms with Crippen LogP contribution in [0.15, 0.2) is 5.16 Å². The Labute approximate surface area is 72.7 Å². The summed E-state index contributed by atoms with van der Waals surface area (Å²) < 4.78 is 5.68. The maximum Gasteiger partial charge on any atom is 0.242 e. The molecule has 0 N–H and O–H groups in total. The van der Waals surface area contributed by atoms with E-state index in [9.17, 15) is 0 Å². The van der Waals surface area contributed by atoms with Crippen LogP contribution in [0.1, 0.15) is 39.0 Å². The Balaban J connectivity index is 2.01. The average molecular weight is 169 g/mol. The highest BCUT2D eigenvalue weighted by Crippen LogP contribution is 2.33. The van der Waals surface area contributed by atoms with E-state index in [2.05, 4.69) is 5.16 Å². The van der Waals surface area contributed by atoms with E-state index < -0.39 is 0 Å². The standard InChI is InChI=1S/C9H15NO2/c1-8-7-9(12-10-8)5-3-2-4-6-11-9/h2-7H2,1H3. The van der Waals surface area contributed by atoms with E-state index in [0.717, 1.165) is 31.6 Å². The summed E-state index contributed by atoms with van der Waals surface area (Å²) >= 11 is 0. The molecule has 1 spiro atoms. The van der Waals surface area contributed by atoms with Crippen molar-refractivity contribution in [3.63, 3.8) is 0 Å². The zero-order valence-corrected chi connectivity index (χ0v) is 7.51. The topological polar surface area (TPSA) is 30.8 Å². The molecule has 2 rings (SSSR count). The van der Waals surface area contributed by atoms with E-state index in [4.69, 9.17) is 9.57 Å². The summed E-state index contributed by atoms with van der Waals surface area (Å²) in [6, 6.07) is 0. The van der Waals surface area contributed by atoms with Gasteiger partial charge in [-0.3, -0.25) is 0 Å². The van der Waals surface area contributed by atoms with Gasteiger partial charge in [-0.05, 0) is 19.8 Å². The Kier molecular flexibility index (Phi) is 2.05. The normalized spacial score (nSPS) is 35.9. The molecule has 0 aromatic carbocycles. The van der Waals surface area contributed by atoms with Gasteiger partial charge in [0.2, 0.25) is 5.79 Å². The lowest BCUT2D eigenvalue weighted by Crippen LogP contribution is -2.31. The van der Waals surface area contributed by atoms with E-state index in [1.54, 1.807) is 0 Å². The van der Waals surface area contributed by atoms with Gasteiger partial charge in [0.25, 0.3) is 0 Å². The molecule has 0 radical (unpaired) electrons. The number of nitrogens with zero attached hydrogens (tertiary/aromatic N) is 1. The van der Waals surface area contributed by atoms with Crippen molar-refractivity contribution in [2.45, 2.75) is 44.8 Å². The minimum atomic E-state index is -0.374. The van der Waals surface area contributed by atoms with Gasteiger partial charge in [-0.2, -0.15) is 0 Å². The average Bonchev–Trinajstić information content (AvgIpc) is 2.30. The fraction of sp³-hybridized carbons (Fsp3) is 0.889. The number of hydrogen-bond donors (Lipinski definition) is 0. The van der Waals surface area contributed by atoms with Crippen molar-refractivity contribution in [1.29, 1.82) is 0 Å². The van der Waals surface area contributed by atoms with Crippen molar-refractivity contribution in [2.75, 3.05) is 6.61 Å². The summed E-state index contributed by atoms with van der Waals surface area (Å²) in [4.78, 5) is 5.34. The lowest BCUT2D eigenvalue weighted by Gasteiger charge is -2.24. The van der Waals surface area contributed by atoms with E-state index >= 15 is 0 Å². The molecular weight excluding hydrogens is 154 g/mol. The smallest absolute Gasteiger partial charge is 0.242 e. The van der Waals surface area contributed by atoms with Crippen LogP contribution in [0.25, 0.3) is 0 Å². The van der Waals surface area contributed by atoms with E-state index in [1.165, 1.54) is 12.8 Å². The van der Waals surface area contributed by atoms with Crippen LogP contribution in [0.3, 0.4) is 0 Å². The molecular formula is C9H15NO2. The molecule has 0 amide bonds. The first kappa shape index (κ1) is 8.05. The van der Waals surface area contributed by atoms with Crippen molar-refractivity contribution < 1.29 is 9.57 Å². The number of oxime groups is 1. The van der Waals surface area contributed by atoms with Crippen LogP contribution in [-0.2, 0) is 9.57 Å². The lowest BCUT2D eigenvalue weighted by molar-refractivity contribution is -0.220. The maximum absolute atomic E-state index is 5.68. The van der Waals surface area contributed by atoms with Crippen LogP contribution in [0.2, 0.25) is 0 Å². The van der Waals surface area contributed by atoms with Gasteiger partial charge in [0.15, 0.2) is 0 Å². The molecule has 1 fully saturated rings. The summed E-state index contributed by atoms with van der Waals surface area (Å²) in [6.07, 6.45) is 5.46. The molecule has 12 heavy (non-hydrogen) atoms. The first-order valence-corrected chi connectivity index (χ1v) is 4.66. The summed E-state index contributed by atoms with van der Waals surface area (Å²) in [6.45, 7) is 2.81. The van der Waals surface area contributed by atoms with E-state index in [-0.39, 0.29) is 5.79 Å². The lowest BCUT2D eigenvalue weighted by atomic mass is 10.0. The molecule has 1 atom stereocenters. The Morgan fingerprint density at radius 1 is 1.33 bits per heavy atom. The third-order valence-electron chi connectivity index (χ3n) is 2.46. The van der Waals surface area contributed by atoms with E-state index in [0.29, 0.717) is 0 Å². The molecule has 2 heterocycles. The quantitative estimate of drug-likeness (QED) is 0.555. The van der Waals surface area contributed by atoms with Crippen molar-refractivity contribution in [3.8, 4) is 0 Å². The van der Waals surface area contributed by atoms with Gasteiger partial charge in [0.05, 0.1) is 18.7 Å². The highest BCUT2D eigenvalue weighted by molar-refractivity contribution is 5.83. The predicted molar refractivity (Wildman–Crippen MR) is 46.0 cm³/mol. The highest BCUT2D eigenvalue weighted by atomic mass is 16.8. The monoisotopic (exact) mass is 169 g/mol. The largest absolute Gasteiger partial charge is 0.360 e. The molecule has 2 aliphatic rings. The second-order valence-corrected chi connectivity index (χ2v) is 3.66. The zero-order valence-electron chi connectivity index (χ0n) is 7.51. The zero-order chi connectivity index (χ0) is 8.44. The van der Waals surface area contributed by atoms with Crippen LogP contribution in [0, 0.1) is 0 Å². The van der Waals surface area contributed by atoms with Crippen LogP contribution >= 0.6 is 0 Å². The SMILES string of the molecule is CC1=NOC2(CCCCCO2)C1. The molecule has 2 aliphatic heterocycles. The molecule has 0 aromatic heterocycles. The third kappa shape index (κ3) is 1.46. The van der Waals surface area contributed by atoms with Crippen LogP contribution in [0.4, 0.5) is 0 Å². The Bertz CT molecular complexity index is 193. The summed E-state index contributed by atoms with van der Waals surface area (Å²) in [5, 5.41) is 3.95. The molecule has 3 nitrogen and oxygen atoms in total. The summed E-state index contributed by atoms with van der Waals surface area (Å²) in [7, 11) is 0. The van der Waals surface area contributed by atoms with E-state index in [1.807, 2.05) is 6.92 Å². The second-order valence-electron chi connectivity index (χ2n) is 3.66. The second kappa shape index (κ2) is 3.05. The van der Waals surface area contributed by atoms with Gasteiger partial charge in [-0.15, -0.1) is 0 Å². The molecule has 1 unspecified atom stereocenters. The highest BCUT2D eigenvalue weighted by Gasteiger charge is 2.39. The number of rotatable bonds is 0. The molecule has 0 bridgehead atoms. The molecule has 0 saturated carbocycles. The third-order valence-corrected chi connectivity index (χ3v) is 2.46. The van der Waals surface area contributed by atoms with Gasteiger partial charge < -0.3 is 9.57 Å². The minimum Gasteiger partial charge on any atom is -0.360 e. The van der Waals surface area contributed by atoms with Crippen molar-refractivity contribution in [2.24, 2.45) is 5.16 Å². The van der Waals surface area contributed by atoms with Gasteiger partial charge in [0.1, 0.15) is 0 Å². The van der Waals surface area contributed by atoms with Crippen LogP contribution in [-0.4, -0.2) is 18.1 Å². The first-order valence-electron chi connectivity index (χ1n) is 4.66. The first-order chi connectivity index (χ1) is 5.81. The molecule has 0 aromatic rings. The Hall–Kier alpha value is -0.570. The fourth-order valence-corrected chi connectivity index (χ4v) is 1.83. The Morgan fingerprint density at radius 3 is 3.00 bits per heavy atom. The van der Waals surface area contributed by atoms with Gasteiger partial charge >= 0.3 is 0 Å². The fourth-order valence-electron chi connectivity index (χ4n) is 1.83. The number of ether oxygens (including phenoxy) is 1. The van der Waals surface area contributed by atoms with Gasteiger partial charge in [-0.25, -0.2) is 0 Å². The van der Waals surface area contributed by atoms with Crippen LogP contribution < -0.4 is 0 Å². The van der Waals surface area contributed by atoms with Crippen LogP contribution in [0.5, 0.6) is 0 Å². The maximum atomic E-state index is 5.68. The summed E-state index contributed by atoms with van der Waals surface area (Å²) in [5.74, 6) is -0.374. The minimum absolute atomic E-state index is 0.374. The van der Waals surface area contributed by atoms with Gasteiger partial charge in [0, 0.05) is 6.42 Å². The molecule has 0 aliphatic carbocycles. The molecule has 1 saturated heterocycles.